The van der Waals surface area contributed by atoms with Crippen molar-refractivity contribution in [3.05, 3.63) is 0 Å². The number of hydrogen-bond acceptors (Lipinski definition) is 9. The van der Waals surface area contributed by atoms with Crippen molar-refractivity contribution in [2.45, 2.75) is 92.0 Å². The third-order valence-corrected chi connectivity index (χ3v) is 6.32. The largest absolute Gasteiger partial charge is 0.481 e. The summed E-state index contributed by atoms with van der Waals surface area (Å²) < 4.78 is 39.6. The zero-order valence-electron chi connectivity index (χ0n) is 21.7. The molecule has 0 aromatic rings. The maximum atomic E-state index is 13.1. The number of hydrogen-bond donors (Lipinski definition) is 1. The minimum atomic E-state index is -4.11. The second-order valence-electron chi connectivity index (χ2n) is 11.3. The SMILES string of the molecule is CC(C)(C)OC(=O)CN(C[C@H]1CC[C@H]1C(=O)O)C(=O)OCOP(=O)(OC(C)(C)C)OC(C)(C)C. The van der Waals surface area contributed by atoms with Gasteiger partial charge >= 0.3 is 25.9 Å². The molecule has 1 aliphatic rings. The van der Waals surface area contributed by atoms with Crippen LogP contribution in [0.2, 0.25) is 0 Å². The normalized spacial score (nSPS) is 19.2. The molecule has 1 N–H and O–H groups in total. The maximum absolute atomic E-state index is 13.1. The number of carbonyl (C=O) groups is 3. The minimum Gasteiger partial charge on any atom is -0.481 e. The van der Waals surface area contributed by atoms with E-state index in [-0.39, 0.29) is 12.5 Å². The molecule has 1 aliphatic carbocycles. The van der Waals surface area contributed by atoms with Gasteiger partial charge in [-0.15, -0.1) is 0 Å². The van der Waals surface area contributed by atoms with E-state index in [4.69, 9.17) is 23.0 Å². The third-order valence-electron chi connectivity index (χ3n) is 4.35. The van der Waals surface area contributed by atoms with Gasteiger partial charge in [0.05, 0.1) is 17.1 Å². The van der Waals surface area contributed by atoms with Gasteiger partial charge in [0.1, 0.15) is 12.1 Å². The van der Waals surface area contributed by atoms with Crippen molar-refractivity contribution < 1.29 is 47.1 Å². The first-order valence-corrected chi connectivity index (χ1v) is 12.7. The average Bonchev–Trinajstić information content (AvgIpc) is 2.51. The van der Waals surface area contributed by atoms with Gasteiger partial charge in [-0.3, -0.25) is 23.5 Å². The first-order chi connectivity index (χ1) is 15.2. The number of rotatable bonds is 10. The number of ether oxygens (including phenoxy) is 2. The van der Waals surface area contributed by atoms with Gasteiger partial charge < -0.3 is 14.6 Å². The van der Waals surface area contributed by atoms with Crippen LogP contribution in [0.4, 0.5) is 4.79 Å². The number of amides is 1. The summed E-state index contributed by atoms with van der Waals surface area (Å²) in [7, 11) is -4.11. The van der Waals surface area contributed by atoms with Crippen LogP contribution in [0.15, 0.2) is 0 Å². The summed E-state index contributed by atoms with van der Waals surface area (Å²) in [6.45, 7) is 13.9. The van der Waals surface area contributed by atoms with Crippen LogP contribution in [0, 0.1) is 11.8 Å². The zero-order valence-corrected chi connectivity index (χ0v) is 22.6. The molecule has 0 unspecified atom stereocenters. The van der Waals surface area contributed by atoms with Gasteiger partial charge in [0.2, 0.25) is 6.79 Å². The Bertz CT molecular complexity index is 758. The minimum absolute atomic E-state index is 0.0102. The van der Waals surface area contributed by atoms with E-state index in [9.17, 15) is 24.1 Å². The summed E-state index contributed by atoms with van der Waals surface area (Å²) in [4.78, 5) is 37.5. The highest BCUT2D eigenvalue weighted by Crippen LogP contribution is 2.55. The molecule has 0 heterocycles. The summed E-state index contributed by atoms with van der Waals surface area (Å²) in [6, 6.07) is 0. The molecule has 1 amide bonds. The Morgan fingerprint density at radius 3 is 1.82 bits per heavy atom. The van der Waals surface area contributed by atoms with Crippen LogP contribution in [0.3, 0.4) is 0 Å². The number of nitrogens with zero attached hydrogens (tertiary/aromatic N) is 1. The number of carboxylic acid groups (broad SMARTS) is 1. The fourth-order valence-corrected chi connectivity index (χ4v) is 4.77. The molecular formula is C22H40NO10P. The summed E-state index contributed by atoms with van der Waals surface area (Å²) >= 11 is 0. The highest BCUT2D eigenvalue weighted by molar-refractivity contribution is 7.48. The molecular weight excluding hydrogens is 469 g/mol. The molecule has 0 aromatic carbocycles. The highest BCUT2D eigenvalue weighted by Gasteiger charge is 2.40. The monoisotopic (exact) mass is 509 g/mol. The van der Waals surface area contributed by atoms with E-state index in [2.05, 4.69) is 0 Å². The molecule has 198 valence electrons. The Balaban J connectivity index is 2.87. The van der Waals surface area contributed by atoms with Crippen molar-refractivity contribution in [1.29, 1.82) is 0 Å². The number of aliphatic carboxylic acids is 1. The molecule has 0 aliphatic heterocycles. The first kappa shape index (κ1) is 30.4. The van der Waals surface area contributed by atoms with E-state index < -0.39 is 61.9 Å². The maximum Gasteiger partial charge on any atom is 0.478 e. The standard InChI is InChI=1S/C22H40NO10P/c1-20(2,3)31-17(24)13-23(12-15-10-11-16(15)18(25)26)19(27)29-14-30-34(28,32-21(4,5)6)33-22(7,8)9/h15-16H,10-14H2,1-9H3,(H,25,26)/t15-,16-/m1/s1. The molecule has 2 atom stereocenters. The Kier molecular flexibility index (Phi) is 10.2. The summed E-state index contributed by atoms with van der Waals surface area (Å²) in [5.74, 6) is -2.56. The van der Waals surface area contributed by atoms with Crippen molar-refractivity contribution in [1.82, 2.24) is 4.90 Å². The molecule has 1 rings (SSSR count). The van der Waals surface area contributed by atoms with Crippen LogP contribution in [0.25, 0.3) is 0 Å². The van der Waals surface area contributed by atoms with Crippen molar-refractivity contribution in [3.8, 4) is 0 Å². The Labute approximate surface area is 202 Å². The van der Waals surface area contributed by atoms with Crippen molar-refractivity contribution in [2.24, 2.45) is 11.8 Å². The van der Waals surface area contributed by atoms with Crippen LogP contribution >= 0.6 is 7.82 Å². The number of phosphoric acid groups is 1. The Morgan fingerprint density at radius 1 is 0.912 bits per heavy atom. The molecule has 34 heavy (non-hydrogen) atoms. The van der Waals surface area contributed by atoms with Crippen molar-refractivity contribution in [2.75, 3.05) is 19.9 Å². The van der Waals surface area contributed by atoms with E-state index in [0.717, 1.165) is 4.90 Å². The molecule has 0 radical (unpaired) electrons. The van der Waals surface area contributed by atoms with Crippen molar-refractivity contribution >= 4 is 25.9 Å². The Hall–Kier alpha value is -1.68. The average molecular weight is 510 g/mol. The lowest BCUT2D eigenvalue weighted by atomic mass is 9.73. The van der Waals surface area contributed by atoms with Gasteiger partial charge in [0, 0.05) is 6.54 Å². The lowest BCUT2D eigenvalue weighted by molar-refractivity contribution is -0.156. The van der Waals surface area contributed by atoms with E-state index in [1.54, 1.807) is 62.3 Å². The fourth-order valence-electron chi connectivity index (χ4n) is 3.10. The Morgan fingerprint density at radius 2 is 1.44 bits per heavy atom. The first-order valence-electron chi connectivity index (χ1n) is 11.2. The zero-order chi connectivity index (χ0) is 26.5. The van der Waals surface area contributed by atoms with E-state index >= 15 is 0 Å². The van der Waals surface area contributed by atoms with Crippen LogP contribution in [-0.4, -0.2) is 64.7 Å². The van der Waals surface area contributed by atoms with Gasteiger partial charge in [-0.05, 0) is 81.1 Å². The lowest BCUT2D eigenvalue weighted by Gasteiger charge is -2.37. The third kappa shape index (κ3) is 11.6. The van der Waals surface area contributed by atoms with Gasteiger partial charge in [-0.1, -0.05) is 0 Å². The summed E-state index contributed by atoms with van der Waals surface area (Å²) in [5.41, 5.74) is -2.51. The fraction of sp³-hybridized carbons (Fsp3) is 0.864. The summed E-state index contributed by atoms with van der Waals surface area (Å²) in [6.07, 6.45) is 0.148. The number of carbonyl (C=O) groups excluding carboxylic acids is 2. The predicted octanol–water partition coefficient (Wildman–Crippen LogP) is 4.59. The molecule has 12 heteroatoms. The van der Waals surface area contributed by atoms with Crippen LogP contribution in [0.5, 0.6) is 0 Å². The smallest absolute Gasteiger partial charge is 0.478 e. The molecule has 1 saturated carbocycles. The highest BCUT2D eigenvalue weighted by atomic mass is 31.2. The van der Waals surface area contributed by atoms with Crippen LogP contribution in [-0.2, 0) is 37.2 Å². The van der Waals surface area contributed by atoms with Gasteiger partial charge in [0.25, 0.3) is 0 Å². The van der Waals surface area contributed by atoms with Crippen molar-refractivity contribution in [3.63, 3.8) is 0 Å². The molecule has 0 spiro atoms. The van der Waals surface area contributed by atoms with Crippen LogP contribution < -0.4 is 0 Å². The second kappa shape index (κ2) is 11.4. The number of esters is 1. The lowest BCUT2D eigenvalue weighted by Crippen LogP contribution is -2.46. The summed E-state index contributed by atoms with van der Waals surface area (Å²) in [5, 5.41) is 9.30. The predicted molar refractivity (Wildman–Crippen MR) is 123 cm³/mol. The van der Waals surface area contributed by atoms with E-state index in [1.807, 2.05) is 0 Å². The van der Waals surface area contributed by atoms with Crippen LogP contribution in [0.1, 0.15) is 75.2 Å². The topological polar surface area (TPSA) is 138 Å². The number of carboxylic acids is 1. The molecule has 0 saturated heterocycles. The molecule has 11 nitrogen and oxygen atoms in total. The van der Waals surface area contributed by atoms with Gasteiger partial charge in [-0.2, -0.15) is 0 Å². The van der Waals surface area contributed by atoms with E-state index in [1.165, 1.54) is 0 Å². The number of phosphoric ester groups is 1. The molecule has 1 fully saturated rings. The quantitative estimate of drug-likeness (QED) is 0.253. The van der Waals surface area contributed by atoms with Gasteiger partial charge in [-0.25, -0.2) is 13.9 Å². The second-order valence-corrected chi connectivity index (χ2v) is 12.8. The van der Waals surface area contributed by atoms with E-state index in [0.29, 0.717) is 12.8 Å². The molecule has 0 bridgehead atoms. The van der Waals surface area contributed by atoms with Gasteiger partial charge in [0.15, 0.2) is 0 Å². The molecule has 0 aromatic heterocycles.